The third kappa shape index (κ3) is 3.06. The Morgan fingerprint density at radius 2 is 2.41 bits per heavy atom. The van der Waals surface area contributed by atoms with Gasteiger partial charge in [-0.2, -0.15) is 4.98 Å². The number of nitrogens with one attached hydrogen (secondary N) is 1. The van der Waals surface area contributed by atoms with Gasteiger partial charge >= 0.3 is 0 Å². The summed E-state index contributed by atoms with van der Waals surface area (Å²) in [6.07, 6.45) is 5.59. The van der Waals surface area contributed by atoms with E-state index in [0.717, 1.165) is 31.7 Å². The fraction of sp³-hybridized carbons (Fsp3) is 0.667. The van der Waals surface area contributed by atoms with Crippen LogP contribution in [0.5, 0.6) is 5.88 Å². The number of hydrogen-bond acceptors (Lipinski definition) is 5. The molecule has 1 aliphatic rings. The van der Waals surface area contributed by atoms with E-state index >= 15 is 0 Å². The summed E-state index contributed by atoms with van der Waals surface area (Å²) in [7, 11) is 2.06. The predicted octanol–water partition coefficient (Wildman–Crippen LogP) is 1.06. The Morgan fingerprint density at radius 1 is 1.53 bits per heavy atom. The van der Waals surface area contributed by atoms with Crippen LogP contribution in [0.2, 0.25) is 0 Å². The van der Waals surface area contributed by atoms with Crippen molar-refractivity contribution in [2.24, 2.45) is 0 Å². The molecule has 5 nitrogen and oxygen atoms in total. The first-order valence-electron chi connectivity index (χ1n) is 6.19. The lowest BCUT2D eigenvalue weighted by Crippen LogP contribution is -2.34. The number of aromatic nitrogens is 2. The average Bonchev–Trinajstić information content (AvgIpc) is 2.89. The van der Waals surface area contributed by atoms with E-state index in [-0.39, 0.29) is 0 Å². The molecule has 5 heteroatoms. The molecule has 1 aliphatic heterocycles. The second-order valence-electron chi connectivity index (χ2n) is 4.32. The average molecular weight is 236 g/mol. The van der Waals surface area contributed by atoms with E-state index in [9.17, 15) is 0 Å². The number of nitrogens with zero attached hydrogens (tertiary/aromatic N) is 3. The maximum Gasteiger partial charge on any atom is 0.234 e. The van der Waals surface area contributed by atoms with Crippen molar-refractivity contribution in [1.29, 1.82) is 0 Å². The van der Waals surface area contributed by atoms with Gasteiger partial charge in [-0.05, 0) is 19.4 Å². The largest absolute Gasteiger partial charge is 0.477 e. The van der Waals surface area contributed by atoms with Crippen LogP contribution in [0.1, 0.15) is 19.8 Å². The van der Waals surface area contributed by atoms with Gasteiger partial charge in [0.2, 0.25) is 5.88 Å². The SMILES string of the molecule is CCCOc1cncc(N(C)C2CCNC2)n1. The molecule has 0 saturated carbocycles. The van der Waals surface area contributed by atoms with Gasteiger partial charge in [-0.3, -0.25) is 4.98 Å². The maximum absolute atomic E-state index is 5.49. The highest BCUT2D eigenvalue weighted by molar-refractivity contribution is 5.38. The molecule has 1 atom stereocenters. The van der Waals surface area contributed by atoms with Crippen LogP contribution in [-0.2, 0) is 0 Å². The lowest BCUT2D eigenvalue weighted by molar-refractivity contribution is 0.304. The predicted molar refractivity (Wildman–Crippen MR) is 67.5 cm³/mol. The summed E-state index contributed by atoms with van der Waals surface area (Å²) >= 11 is 0. The van der Waals surface area contributed by atoms with Crippen LogP contribution in [0.3, 0.4) is 0 Å². The summed E-state index contributed by atoms with van der Waals surface area (Å²) in [6.45, 7) is 4.85. The number of ether oxygens (including phenoxy) is 1. The molecule has 1 N–H and O–H groups in total. The van der Waals surface area contributed by atoms with Crippen molar-refractivity contribution in [2.45, 2.75) is 25.8 Å². The molecule has 0 spiro atoms. The number of rotatable bonds is 5. The fourth-order valence-corrected chi connectivity index (χ4v) is 1.94. The smallest absolute Gasteiger partial charge is 0.234 e. The van der Waals surface area contributed by atoms with Crippen molar-refractivity contribution in [3.05, 3.63) is 12.4 Å². The van der Waals surface area contributed by atoms with Crippen molar-refractivity contribution in [1.82, 2.24) is 15.3 Å². The summed E-state index contributed by atoms with van der Waals surface area (Å²) in [5.41, 5.74) is 0. The highest BCUT2D eigenvalue weighted by Gasteiger charge is 2.20. The Hall–Kier alpha value is -1.36. The first-order valence-corrected chi connectivity index (χ1v) is 6.19. The summed E-state index contributed by atoms with van der Waals surface area (Å²) in [6, 6.07) is 0.505. The Kier molecular flexibility index (Phi) is 4.14. The van der Waals surface area contributed by atoms with Gasteiger partial charge in [0, 0.05) is 19.6 Å². The molecule has 2 rings (SSSR count). The van der Waals surface area contributed by atoms with Crippen molar-refractivity contribution in [3.63, 3.8) is 0 Å². The van der Waals surface area contributed by atoms with Crippen molar-refractivity contribution in [2.75, 3.05) is 31.6 Å². The lowest BCUT2D eigenvalue weighted by Gasteiger charge is -2.24. The molecule has 1 fully saturated rings. The number of anilines is 1. The van der Waals surface area contributed by atoms with Gasteiger partial charge in [-0.15, -0.1) is 0 Å². The Labute approximate surface area is 102 Å². The normalized spacial score (nSPS) is 19.3. The zero-order chi connectivity index (χ0) is 12.1. The third-order valence-electron chi connectivity index (χ3n) is 3.00. The number of likely N-dealkylation sites (N-methyl/N-ethyl adjacent to an activating group) is 1. The molecule has 0 aromatic carbocycles. The lowest BCUT2D eigenvalue weighted by atomic mass is 10.2. The molecular formula is C12H20N4O. The van der Waals surface area contributed by atoms with E-state index < -0.39 is 0 Å². The number of hydrogen-bond donors (Lipinski definition) is 1. The van der Waals surface area contributed by atoms with Crippen LogP contribution in [0.25, 0.3) is 0 Å². The van der Waals surface area contributed by atoms with Crippen LogP contribution in [-0.4, -0.2) is 42.8 Å². The topological polar surface area (TPSA) is 50.3 Å². The molecule has 1 aromatic rings. The first-order chi connectivity index (χ1) is 8.31. The first kappa shape index (κ1) is 12.1. The van der Waals surface area contributed by atoms with E-state index in [1.165, 1.54) is 0 Å². The Balaban J connectivity index is 2.03. The summed E-state index contributed by atoms with van der Waals surface area (Å²) in [4.78, 5) is 10.8. The molecule has 0 aliphatic carbocycles. The minimum absolute atomic E-state index is 0.505. The van der Waals surface area contributed by atoms with Gasteiger partial charge < -0.3 is 15.0 Å². The minimum Gasteiger partial charge on any atom is -0.477 e. The van der Waals surface area contributed by atoms with Crippen LogP contribution in [0.4, 0.5) is 5.82 Å². The van der Waals surface area contributed by atoms with Crippen LogP contribution in [0, 0.1) is 0 Å². The molecule has 1 saturated heterocycles. The van der Waals surface area contributed by atoms with E-state index in [0.29, 0.717) is 18.5 Å². The van der Waals surface area contributed by atoms with Gasteiger partial charge in [0.1, 0.15) is 0 Å². The molecular weight excluding hydrogens is 216 g/mol. The zero-order valence-electron chi connectivity index (χ0n) is 10.5. The molecule has 1 unspecified atom stereocenters. The maximum atomic E-state index is 5.49. The standard InChI is InChI=1S/C12H20N4O/c1-3-6-17-12-9-14-8-11(15-12)16(2)10-4-5-13-7-10/h8-10,13H,3-7H2,1-2H3. The van der Waals surface area contributed by atoms with Gasteiger partial charge in [-0.25, -0.2) is 0 Å². The second kappa shape index (κ2) is 5.82. The van der Waals surface area contributed by atoms with Crippen LogP contribution in [0.15, 0.2) is 12.4 Å². The summed E-state index contributed by atoms with van der Waals surface area (Å²) in [5.74, 6) is 1.49. The van der Waals surface area contributed by atoms with Crippen molar-refractivity contribution in [3.8, 4) is 5.88 Å². The monoisotopic (exact) mass is 236 g/mol. The molecule has 0 bridgehead atoms. The molecule has 17 heavy (non-hydrogen) atoms. The van der Waals surface area contributed by atoms with E-state index in [2.05, 4.69) is 34.2 Å². The van der Waals surface area contributed by atoms with Crippen LogP contribution >= 0.6 is 0 Å². The summed E-state index contributed by atoms with van der Waals surface area (Å²) < 4.78 is 5.49. The fourth-order valence-electron chi connectivity index (χ4n) is 1.94. The van der Waals surface area contributed by atoms with E-state index in [1.807, 2.05) is 0 Å². The zero-order valence-corrected chi connectivity index (χ0v) is 10.5. The highest BCUT2D eigenvalue weighted by Crippen LogP contribution is 2.17. The summed E-state index contributed by atoms with van der Waals surface area (Å²) in [5, 5.41) is 3.35. The molecule has 0 radical (unpaired) electrons. The van der Waals surface area contributed by atoms with Crippen molar-refractivity contribution >= 4 is 5.82 Å². The highest BCUT2D eigenvalue weighted by atomic mass is 16.5. The van der Waals surface area contributed by atoms with Gasteiger partial charge in [0.25, 0.3) is 0 Å². The van der Waals surface area contributed by atoms with Crippen molar-refractivity contribution < 1.29 is 4.74 Å². The Morgan fingerprint density at radius 3 is 3.12 bits per heavy atom. The molecule has 0 amide bonds. The molecule has 2 heterocycles. The van der Waals surface area contributed by atoms with Gasteiger partial charge in [0.05, 0.1) is 19.0 Å². The Bertz CT molecular complexity index is 352. The molecule has 94 valence electrons. The third-order valence-corrected chi connectivity index (χ3v) is 3.00. The molecule has 1 aromatic heterocycles. The van der Waals surface area contributed by atoms with E-state index in [1.54, 1.807) is 12.4 Å². The minimum atomic E-state index is 0.505. The van der Waals surface area contributed by atoms with Gasteiger partial charge in [0.15, 0.2) is 5.82 Å². The quantitative estimate of drug-likeness (QED) is 0.828. The second-order valence-corrected chi connectivity index (χ2v) is 4.32. The van der Waals surface area contributed by atoms with Gasteiger partial charge in [-0.1, -0.05) is 6.92 Å². The van der Waals surface area contributed by atoms with Crippen LogP contribution < -0.4 is 15.0 Å². The van der Waals surface area contributed by atoms with E-state index in [4.69, 9.17) is 4.74 Å².